The van der Waals surface area contributed by atoms with E-state index in [0.717, 1.165) is 31.2 Å². The van der Waals surface area contributed by atoms with Gasteiger partial charge in [-0.3, -0.25) is 0 Å². The van der Waals surface area contributed by atoms with Crippen LogP contribution >= 0.6 is 69.9 Å². The Bertz CT molecular complexity index is 1450. The molecule has 0 spiro atoms. The second-order valence-corrected chi connectivity index (χ2v) is 14.6. The Labute approximate surface area is 286 Å². The standard InChI is InChI=1S/C31H34Cl4N4O3S2/c1-7-23(27-36-25(15(3)4)29(38-27)43-21-11-17(32)9-18(33)12-21)41-31(40)42-24(8-2)28-37-26(16(5)6)30(39-28)44-22-13-19(34)10-20(35)14-22/h9-16,23-24H,7-8H2,1-6H3,(H,36,38)(H,37,39). The summed E-state index contributed by atoms with van der Waals surface area (Å²) in [7, 11) is 0. The number of nitrogens with one attached hydrogen (secondary N) is 2. The molecule has 44 heavy (non-hydrogen) atoms. The zero-order chi connectivity index (χ0) is 32.1. The number of rotatable bonds is 12. The molecule has 0 amide bonds. The molecule has 0 saturated carbocycles. The lowest BCUT2D eigenvalue weighted by atomic mass is 10.1. The maximum Gasteiger partial charge on any atom is 0.509 e. The third-order valence-corrected chi connectivity index (χ3v) is 9.34. The van der Waals surface area contributed by atoms with Crippen LogP contribution in [-0.2, 0) is 9.47 Å². The number of hydrogen-bond acceptors (Lipinski definition) is 7. The molecule has 4 aromatic rings. The van der Waals surface area contributed by atoms with Crippen LogP contribution in [0.2, 0.25) is 20.1 Å². The van der Waals surface area contributed by atoms with Crippen LogP contribution in [0, 0.1) is 0 Å². The lowest BCUT2D eigenvalue weighted by Crippen LogP contribution is -2.17. The third-order valence-electron chi connectivity index (χ3n) is 6.51. The monoisotopic (exact) mass is 714 g/mol. The van der Waals surface area contributed by atoms with Crippen molar-refractivity contribution < 1.29 is 14.3 Å². The van der Waals surface area contributed by atoms with Crippen molar-refractivity contribution in [2.24, 2.45) is 0 Å². The Kier molecular flexibility index (Phi) is 12.3. The average Bonchev–Trinajstić information content (AvgIpc) is 3.54. The normalized spacial score (nSPS) is 13.0. The minimum atomic E-state index is -0.805. The van der Waals surface area contributed by atoms with E-state index in [2.05, 4.69) is 37.7 Å². The second kappa shape index (κ2) is 15.5. The van der Waals surface area contributed by atoms with Gasteiger partial charge in [-0.1, -0.05) is 111 Å². The van der Waals surface area contributed by atoms with E-state index in [1.54, 1.807) is 12.1 Å². The van der Waals surface area contributed by atoms with Gasteiger partial charge in [0.05, 0.1) is 11.4 Å². The first-order valence-corrected chi connectivity index (χ1v) is 17.4. The molecule has 0 radical (unpaired) electrons. The minimum Gasteiger partial charge on any atom is -0.423 e. The number of nitrogens with zero attached hydrogens (tertiary/aromatic N) is 2. The topological polar surface area (TPSA) is 92.9 Å². The Morgan fingerprint density at radius 1 is 0.682 bits per heavy atom. The highest BCUT2D eigenvalue weighted by atomic mass is 35.5. The number of aromatic nitrogens is 4. The van der Waals surface area contributed by atoms with Crippen molar-refractivity contribution in [1.29, 1.82) is 0 Å². The molecule has 0 aliphatic carbocycles. The van der Waals surface area contributed by atoms with Gasteiger partial charge in [0.2, 0.25) is 0 Å². The minimum absolute atomic E-state index is 0.145. The molecule has 2 unspecified atom stereocenters. The van der Waals surface area contributed by atoms with Crippen LogP contribution in [-0.4, -0.2) is 26.1 Å². The number of H-pyrrole nitrogens is 2. The Balaban J connectivity index is 1.51. The van der Waals surface area contributed by atoms with Crippen molar-refractivity contribution in [2.75, 3.05) is 0 Å². The van der Waals surface area contributed by atoms with Gasteiger partial charge in [0.15, 0.2) is 12.2 Å². The summed E-state index contributed by atoms with van der Waals surface area (Å²) in [5, 5.41) is 3.70. The highest BCUT2D eigenvalue weighted by molar-refractivity contribution is 7.99. The smallest absolute Gasteiger partial charge is 0.423 e. The second-order valence-electron chi connectivity index (χ2n) is 10.7. The van der Waals surface area contributed by atoms with Gasteiger partial charge in [-0.25, -0.2) is 14.8 Å². The summed E-state index contributed by atoms with van der Waals surface area (Å²) in [6.45, 7) is 12.1. The molecule has 0 aliphatic rings. The number of carbonyl (C=O) groups excluding carboxylic acids is 1. The van der Waals surface area contributed by atoms with E-state index in [0.29, 0.717) is 44.6 Å². The number of ether oxygens (including phenoxy) is 2. The summed E-state index contributed by atoms with van der Waals surface area (Å²) < 4.78 is 11.6. The first-order chi connectivity index (χ1) is 20.9. The zero-order valence-corrected chi connectivity index (χ0v) is 29.8. The predicted molar refractivity (Wildman–Crippen MR) is 180 cm³/mol. The number of imidazole rings is 2. The van der Waals surface area contributed by atoms with Crippen LogP contribution in [0.25, 0.3) is 0 Å². The van der Waals surface area contributed by atoms with E-state index in [1.165, 1.54) is 23.5 Å². The molecule has 4 rings (SSSR count). The molecule has 2 heterocycles. The Hall–Kier alpha value is -2.01. The zero-order valence-electron chi connectivity index (χ0n) is 25.1. The van der Waals surface area contributed by atoms with Crippen molar-refractivity contribution in [3.8, 4) is 0 Å². The fourth-order valence-electron chi connectivity index (χ4n) is 4.34. The van der Waals surface area contributed by atoms with Crippen molar-refractivity contribution in [3.05, 3.63) is 79.5 Å². The largest absolute Gasteiger partial charge is 0.509 e. The van der Waals surface area contributed by atoms with E-state index in [4.69, 9.17) is 65.8 Å². The van der Waals surface area contributed by atoms with Crippen molar-refractivity contribution in [1.82, 2.24) is 19.9 Å². The molecule has 2 aromatic heterocycles. The fourth-order valence-corrected chi connectivity index (χ4v) is 7.93. The molecule has 0 fully saturated rings. The van der Waals surface area contributed by atoms with Crippen LogP contribution in [0.15, 0.2) is 56.2 Å². The molecular formula is C31H34Cl4N4O3S2. The lowest BCUT2D eigenvalue weighted by molar-refractivity contribution is -0.00935. The maximum atomic E-state index is 13.1. The Morgan fingerprint density at radius 2 is 1.02 bits per heavy atom. The van der Waals surface area contributed by atoms with Gasteiger partial charge < -0.3 is 19.4 Å². The van der Waals surface area contributed by atoms with Gasteiger partial charge in [0.25, 0.3) is 0 Å². The van der Waals surface area contributed by atoms with Gasteiger partial charge in [0.1, 0.15) is 21.7 Å². The molecule has 7 nitrogen and oxygen atoms in total. The maximum absolute atomic E-state index is 13.1. The molecule has 2 aromatic carbocycles. The van der Waals surface area contributed by atoms with Crippen LogP contribution < -0.4 is 0 Å². The highest BCUT2D eigenvalue weighted by Crippen LogP contribution is 2.38. The molecule has 2 N–H and O–H groups in total. The fraction of sp³-hybridized carbons (Fsp3) is 0.387. The molecule has 0 aliphatic heterocycles. The van der Waals surface area contributed by atoms with E-state index in [9.17, 15) is 4.79 Å². The first kappa shape index (κ1) is 34.9. The van der Waals surface area contributed by atoms with Gasteiger partial charge in [-0.2, -0.15) is 0 Å². The number of halogens is 4. The van der Waals surface area contributed by atoms with E-state index >= 15 is 0 Å². The van der Waals surface area contributed by atoms with Crippen molar-refractivity contribution in [2.45, 2.75) is 98.3 Å². The molecule has 236 valence electrons. The van der Waals surface area contributed by atoms with Crippen LogP contribution in [0.1, 0.15) is 101 Å². The SMILES string of the molecule is CCC(OC(=O)OC(CC)c1nc(Sc2cc(Cl)cc(Cl)c2)c(C(C)C)[nH]1)c1nc(Sc2cc(Cl)cc(Cl)c2)c(C(C)C)[nH]1. The van der Waals surface area contributed by atoms with Crippen molar-refractivity contribution >= 4 is 76.1 Å². The van der Waals surface area contributed by atoms with Gasteiger partial charge in [-0.05, 0) is 61.1 Å². The van der Waals surface area contributed by atoms with Crippen LogP contribution in [0.5, 0.6) is 0 Å². The van der Waals surface area contributed by atoms with Gasteiger partial charge >= 0.3 is 6.16 Å². The quantitative estimate of drug-likeness (QED) is 0.141. The number of hydrogen-bond donors (Lipinski definition) is 2. The van der Waals surface area contributed by atoms with E-state index in [1.807, 2.05) is 38.1 Å². The average molecular weight is 717 g/mol. The van der Waals surface area contributed by atoms with Crippen LogP contribution in [0.4, 0.5) is 4.79 Å². The first-order valence-electron chi connectivity index (χ1n) is 14.2. The number of benzene rings is 2. The van der Waals surface area contributed by atoms with E-state index < -0.39 is 18.4 Å². The number of carbonyl (C=O) groups is 1. The third kappa shape index (κ3) is 9.04. The number of aromatic amines is 2. The summed E-state index contributed by atoms with van der Waals surface area (Å²) in [5.41, 5.74) is 1.84. The highest BCUT2D eigenvalue weighted by Gasteiger charge is 2.27. The molecule has 0 saturated heterocycles. The van der Waals surface area contributed by atoms with E-state index in [-0.39, 0.29) is 11.8 Å². The molecule has 13 heteroatoms. The summed E-state index contributed by atoms with van der Waals surface area (Å²) in [6, 6.07) is 10.7. The summed E-state index contributed by atoms with van der Waals surface area (Å²) in [5.74, 6) is 1.37. The van der Waals surface area contributed by atoms with Gasteiger partial charge in [0, 0.05) is 29.9 Å². The summed E-state index contributed by atoms with van der Waals surface area (Å²) in [6.07, 6.45) is -1.11. The molecule has 2 atom stereocenters. The Morgan fingerprint density at radius 3 is 1.32 bits per heavy atom. The molecule has 0 bridgehead atoms. The van der Waals surface area contributed by atoms with Crippen molar-refractivity contribution in [3.63, 3.8) is 0 Å². The van der Waals surface area contributed by atoms with Gasteiger partial charge in [-0.15, -0.1) is 0 Å². The summed E-state index contributed by atoms with van der Waals surface area (Å²) in [4.78, 5) is 31.2. The lowest BCUT2D eigenvalue weighted by Gasteiger charge is -2.17. The predicted octanol–water partition coefficient (Wildman–Crippen LogP) is 12.1. The summed E-state index contributed by atoms with van der Waals surface area (Å²) >= 11 is 27.7. The van der Waals surface area contributed by atoms with Crippen LogP contribution in [0.3, 0.4) is 0 Å². The molecular weight excluding hydrogens is 682 g/mol.